The Bertz CT molecular complexity index is 393. The van der Waals surface area contributed by atoms with Crippen LogP contribution in [0.25, 0.3) is 0 Å². The van der Waals surface area contributed by atoms with Gasteiger partial charge in [-0.2, -0.15) is 5.26 Å². The van der Waals surface area contributed by atoms with Crippen molar-refractivity contribution in [3.8, 4) is 6.07 Å². The number of carbonyl (C=O) groups is 1. The third-order valence-electron chi connectivity index (χ3n) is 2.39. The molecule has 0 heterocycles. The van der Waals surface area contributed by atoms with Crippen molar-refractivity contribution >= 4 is 5.97 Å². The predicted molar refractivity (Wildman–Crippen MR) is 56.4 cm³/mol. The topological polar surface area (TPSA) is 61.1 Å². The fourth-order valence-electron chi connectivity index (χ4n) is 1.66. The van der Waals surface area contributed by atoms with E-state index in [2.05, 4.69) is 0 Å². The van der Waals surface area contributed by atoms with Gasteiger partial charge in [0.05, 0.1) is 12.5 Å². The molecule has 1 rings (SSSR count). The van der Waals surface area contributed by atoms with Gasteiger partial charge >= 0.3 is 5.97 Å². The molecule has 0 aliphatic rings. The van der Waals surface area contributed by atoms with E-state index in [4.69, 9.17) is 10.4 Å². The first-order valence-electron chi connectivity index (χ1n) is 4.79. The predicted octanol–water partition coefficient (Wildman–Crippen LogP) is 2.47. The van der Waals surface area contributed by atoms with E-state index in [1.54, 1.807) is 0 Å². The SMILES string of the molecule is Cc1ccccc1[C@@H](CC#N)CC(=O)O. The van der Waals surface area contributed by atoms with Gasteiger partial charge in [-0.15, -0.1) is 0 Å². The number of carboxylic acids is 1. The van der Waals surface area contributed by atoms with E-state index >= 15 is 0 Å². The van der Waals surface area contributed by atoms with Crippen LogP contribution in [0.2, 0.25) is 0 Å². The molecule has 3 nitrogen and oxygen atoms in total. The highest BCUT2D eigenvalue weighted by atomic mass is 16.4. The Morgan fingerprint density at radius 1 is 1.53 bits per heavy atom. The maximum Gasteiger partial charge on any atom is 0.303 e. The fraction of sp³-hybridized carbons (Fsp3) is 0.333. The highest BCUT2D eigenvalue weighted by molar-refractivity contribution is 5.68. The summed E-state index contributed by atoms with van der Waals surface area (Å²) in [6, 6.07) is 9.63. The lowest BCUT2D eigenvalue weighted by atomic mass is 9.90. The zero-order chi connectivity index (χ0) is 11.3. The van der Waals surface area contributed by atoms with E-state index in [0.717, 1.165) is 11.1 Å². The molecule has 3 heteroatoms. The van der Waals surface area contributed by atoms with E-state index in [-0.39, 0.29) is 18.8 Å². The number of carboxylic acid groups (broad SMARTS) is 1. The van der Waals surface area contributed by atoms with Crippen LogP contribution in [0.1, 0.15) is 29.9 Å². The molecular weight excluding hydrogens is 190 g/mol. The van der Waals surface area contributed by atoms with Crippen LogP contribution in [0, 0.1) is 18.3 Å². The van der Waals surface area contributed by atoms with Gasteiger partial charge in [0.25, 0.3) is 0 Å². The Kier molecular flexibility index (Phi) is 3.87. The second-order valence-corrected chi connectivity index (χ2v) is 3.51. The van der Waals surface area contributed by atoms with E-state index < -0.39 is 5.97 Å². The largest absolute Gasteiger partial charge is 0.481 e. The minimum Gasteiger partial charge on any atom is -0.481 e. The van der Waals surface area contributed by atoms with Gasteiger partial charge < -0.3 is 5.11 Å². The molecule has 0 aliphatic heterocycles. The normalized spacial score (nSPS) is 11.7. The first kappa shape index (κ1) is 11.3. The summed E-state index contributed by atoms with van der Waals surface area (Å²) in [5.74, 6) is -1.06. The molecule has 0 spiro atoms. The second kappa shape index (κ2) is 5.16. The highest BCUT2D eigenvalue weighted by Crippen LogP contribution is 2.25. The minimum absolute atomic E-state index is 0.0123. The number of aliphatic carboxylic acids is 1. The average Bonchev–Trinajstić information content (AvgIpc) is 2.17. The van der Waals surface area contributed by atoms with Crippen LogP contribution in [0.15, 0.2) is 24.3 Å². The summed E-state index contributed by atoms with van der Waals surface area (Å²) < 4.78 is 0. The van der Waals surface area contributed by atoms with Gasteiger partial charge in [-0.05, 0) is 18.1 Å². The first-order chi connectivity index (χ1) is 7.15. The van der Waals surface area contributed by atoms with Crippen LogP contribution in [-0.2, 0) is 4.79 Å². The van der Waals surface area contributed by atoms with Crippen molar-refractivity contribution in [2.75, 3.05) is 0 Å². The lowest BCUT2D eigenvalue weighted by Gasteiger charge is -2.13. The molecular formula is C12H13NO2. The molecule has 0 bridgehead atoms. The van der Waals surface area contributed by atoms with Crippen molar-refractivity contribution in [2.45, 2.75) is 25.7 Å². The second-order valence-electron chi connectivity index (χ2n) is 3.51. The van der Waals surface area contributed by atoms with Gasteiger partial charge in [-0.3, -0.25) is 4.79 Å². The number of nitrogens with zero attached hydrogens (tertiary/aromatic N) is 1. The molecule has 78 valence electrons. The van der Waals surface area contributed by atoms with Crippen LogP contribution >= 0.6 is 0 Å². The maximum atomic E-state index is 10.7. The van der Waals surface area contributed by atoms with Gasteiger partial charge in [0.15, 0.2) is 0 Å². The molecule has 0 unspecified atom stereocenters. The first-order valence-corrected chi connectivity index (χ1v) is 4.79. The Hall–Kier alpha value is -1.82. The number of hydrogen-bond donors (Lipinski definition) is 1. The van der Waals surface area contributed by atoms with E-state index in [1.165, 1.54) is 0 Å². The Balaban J connectivity index is 2.94. The number of rotatable bonds is 4. The molecule has 0 aliphatic carbocycles. The average molecular weight is 203 g/mol. The lowest BCUT2D eigenvalue weighted by Crippen LogP contribution is -2.07. The molecule has 0 saturated heterocycles. The van der Waals surface area contributed by atoms with Crippen molar-refractivity contribution in [3.05, 3.63) is 35.4 Å². The monoisotopic (exact) mass is 203 g/mol. The van der Waals surface area contributed by atoms with Crippen LogP contribution in [0.3, 0.4) is 0 Å². The zero-order valence-corrected chi connectivity index (χ0v) is 8.60. The molecule has 1 N–H and O–H groups in total. The van der Waals surface area contributed by atoms with E-state index in [9.17, 15) is 4.79 Å². The molecule has 0 radical (unpaired) electrons. The number of hydrogen-bond acceptors (Lipinski definition) is 2. The van der Waals surface area contributed by atoms with E-state index in [0.29, 0.717) is 0 Å². The minimum atomic E-state index is -0.862. The van der Waals surface area contributed by atoms with Crippen molar-refractivity contribution < 1.29 is 9.90 Å². The molecule has 0 fully saturated rings. The quantitative estimate of drug-likeness (QED) is 0.817. The lowest BCUT2D eigenvalue weighted by molar-refractivity contribution is -0.137. The van der Waals surface area contributed by atoms with Gasteiger partial charge in [0, 0.05) is 12.3 Å². The summed E-state index contributed by atoms with van der Waals surface area (Å²) in [5.41, 5.74) is 2.00. The van der Waals surface area contributed by atoms with Gasteiger partial charge in [-0.1, -0.05) is 24.3 Å². The van der Waals surface area contributed by atoms with Crippen LogP contribution in [-0.4, -0.2) is 11.1 Å². The fourth-order valence-corrected chi connectivity index (χ4v) is 1.66. The number of aryl methyl sites for hydroxylation is 1. The number of nitriles is 1. The molecule has 15 heavy (non-hydrogen) atoms. The summed E-state index contributed by atoms with van der Waals surface area (Å²) in [6.07, 6.45) is 0.259. The summed E-state index contributed by atoms with van der Waals surface area (Å²) in [6.45, 7) is 1.93. The van der Waals surface area contributed by atoms with Crippen molar-refractivity contribution in [3.63, 3.8) is 0 Å². The maximum absolute atomic E-state index is 10.7. The summed E-state index contributed by atoms with van der Waals surface area (Å²) in [5, 5.41) is 17.4. The molecule has 0 saturated carbocycles. The van der Waals surface area contributed by atoms with E-state index in [1.807, 2.05) is 37.3 Å². The van der Waals surface area contributed by atoms with Gasteiger partial charge in [-0.25, -0.2) is 0 Å². The van der Waals surface area contributed by atoms with Crippen molar-refractivity contribution in [2.24, 2.45) is 0 Å². The Labute approximate surface area is 89.0 Å². The summed E-state index contributed by atoms with van der Waals surface area (Å²) in [4.78, 5) is 10.7. The highest BCUT2D eigenvalue weighted by Gasteiger charge is 2.16. The Morgan fingerprint density at radius 3 is 2.73 bits per heavy atom. The molecule has 0 amide bonds. The molecule has 1 aromatic carbocycles. The third-order valence-corrected chi connectivity index (χ3v) is 2.39. The van der Waals surface area contributed by atoms with Crippen LogP contribution in [0.5, 0.6) is 0 Å². The van der Waals surface area contributed by atoms with Crippen molar-refractivity contribution in [1.82, 2.24) is 0 Å². The smallest absolute Gasteiger partial charge is 0.303 e. The van der Waals surface area contributed by atoms with Crippen molar-refractivity contribution in [1.29, 1.82) is 5.26 Å². The number of benzene rings is 1. The molecule has 0 aromatic heterocycles. The standard InChI is InChI=1S/C12H13NO2/c1-9-4-2-3-5-11(9)10(6-7-13)8-12(14)15/h2-5,10H,6,8H2,1H3,(H,14,15)/t10-/m0/s1. The zero-order valence-electron chi connectivity index (χ0n) is 8.60. The van der Waals surface area contributed by atoms with Gasteiger partial charge in [0.2, 0.25) is 0 Å². The summed E-state index contributed by atoms with van der Waals surface area (Å²) in [7, 11) is 0. The Morgan fingerprint density at radius 2 is 2.20 bits per heavy atom. The van der Waals surface area contributed by atoms with Crippen LogP contribution < -0.4 is 0 Å². The van der Waals surface area contributed by atoms with Gasteiger partial charge in [0.1, 0.15) is 0 Å². The molecule has 1 aromatic rings. The third kappa shape index (κ3) is 3.10. The summed E-state index contributed by atoms with van der Waals surface area (Å²) >= 11 is 0. The van der Waals surface area contributed by atoms with Crippen LogP contribution in [0.4, 0.5) is 0 Å². The molecule has 1 atom stereocenters.